The minimum Gasteiger partial charge on any atom is -0.364 e. The summed E-state index contributed by atoms with van der Waals surface area (Å²) in [5, 5.41) is 15.0. The highest BCUT2D eigenvalue weighted by atomic mass is 16.7. The van der Waals surface area contributed by atoms with Gasteiger partial charge in [0.25, 0.3) is 5.96 Å². The van der Waals surface area contributed by atoms with Crippen LogP contribution < -0.4 is 11.2 Å². The molecule has 1 rings (SSSR count). The smallest absolute Gasteiger partial charge is 0.362 e. The minimum absolute atomic E-state index is 0.225. The third kappa shape index (κ3) is 3.50. The first-order chi connectivity index (χ1) is 6.18. The highest BCUT2D eigenvalue weighted by Crippen LogP contribution is 2.14. The second-order valence-corrected chi connectivity index (χ2v) is 2.74. The Morgan fingerprint density at radius 3 is 2.69 bits per heavy atom. The molecule has 0 aromatic heterocycles. The zero-order valence-corrected chi connectivity index (χ0v) is 7.10. The van der Waals surface area contributed by atoms with Gasteiger partial charge < -0.3 is 5.73 Å². The normalized spacial score (nSPS) is 17.2. The topological polar surface area (TPSA) is 103 Å². The van der Waals surface area contributed by atoms with E-state index in [2.05, 4.69) is 10.2 Å². The summed E-state index contributed by atoms with van der Waals surface area (Å²) in [5.41, 5.74) is 7.98. The van der Waals surface area contributed by atoms with Gasteiger partial charge in [0.2, 0.25) is 0 Å². The van der Waals surface area contributed by atoms with Crippen LogP contribution >= 0.6 is 0 Å². The summed E-state index contributed by atoms with van der Waals surface area (Å²) >= 11 is 0. The second kappa shape index (κ2) is 4.39. The van der Waals surface area contributed by atoms with Gasteiger partial charge in [0.15, 0.2) is 0 Å². The molecule has 0 atom stereocenters. The molecule has 1 fully saturated rings. The monoisotopic (exact) mass is 186 g/mol. The van der Waals surface area contributed by atoms with Gasteiger partial charge in [0.05, 0.1) is 0 Å². The van der Waals surface area contributed by atoms with Crippen LogP contribution in [0.4, 0.5) is 0 Å². The molecule has 0 aromatic rings. The van der Waals surface area contributed by atoms with E-state index in [1.807, 2.05) is 5.43 Å². The van der Waals surface area contributed by atoms with Crippen LogP contribution in [-0.4, -0.2) is 21.9 Å². The van der Waals surface area contributed by atoms with E-state index in [1.165, 1.54) is 0 Å². The van der Waals surface area contributed by atoms with Crippen LogP contribution in [-0.2, 0) is 0 Å². The zero-order chi connectivity index (χ0) is 9.68. The van der Waals surface area contributed by atoms with E-state index in [0.29, 0.717) is 0 Å². The molecule has 0 unspecified atom stereocenters. The molecule has 13 heavy (non-hydrogen) atoms. The number of hydrogen-bond donors (Lipinski definition) is 3. The Kier molecular flexibility index (Phi) is 3.18. The molecule has 0 bridgehead atoms. The Morgan fingerprint density at radius 1 is 1.54 bits per heavy atom. The van der Waals surface area contributed by atoms with Crippen LogP contribution in [0.15, 0.2) is 10.2 Å². The summed E-state index contributed by atoms with van der Waals surface area (Å²) in [6.07, 6.45) is 4.10. The summed E-state index contributed by atoms with van der Waals surface area (Å²) < 4.78 is 0. The van der Waals surface area contributed by atoms with Gasteiger partial charge in [-0.05, 0) is 31.1 Å². The number of nitrogens with zero attached hydrogens (tertiary/aromatic N) is 3. The average molecular weight is 186 g/mol. The molecule has 0 aromatic carbocycles. The predicted octanol–water partition coefficient (Wildman–Crippen LogP) is -0.0962. The van der Waals surface area contributed by atoms with Gasteiger partial charge in [-0.15, -0.1) is 5.10 Å². The Balaban J connectivity index is 2.45. The maximum atomic E-state index is 10.0. The van der Waals surface area contributed by atoms with Gasteiger partial charge in [-0.3, -0.25) is 0 Å². The predicted molar refractivity (Wildman–Crippen MR) is 46.1 cm³/mol. The summed E-state index contributed by atoms with van der Waals surface area (Å²) in [5.74, 6) is -0.225. The van der Waals surface area contributed by atoms with Crippen molar-refractivity contribution in [3.8, 4) is 0 Å². The van der Waals surface area contributed by atoms with Gasteiger partial charge in [-0.1, -0.05) is 0 Å². The molecule has 0 saturated heterocycles. The fourth-order valence-electron chi connectivity index (χ4n) is 1.13. The molecule has 0 amide bonds. The van der Waals surface area contributed by atoms with E-state index in [-0.39, 0.29) is 5.96 Å². The maximum Gasteiger partial charge on any atom is 0.362 e. The van der Waals surface area contributed by atoms with Crippen molar-refractivity contribution in [2.45, 2.75) is 25.7 Å². The van der Waals surface area contributed by atoms with E-state index in [0.717, 1.165) is 31.4 Å². The van der Waals surface area contributed by atoms with Gasteiger partial charge in [0, 0.05) is 5.71 Å². The first-order valence-electron chi connectivity index (χ1n) is 4.00. The first kappa shape index (κ1) is 9.43. The van der Waals surface area contributed by atoms with E-state index < -0.39 is 5.03 Å². The molecule has 0 heterocycles. The van der Waals surface area contributed by atoms with Crippen LogP contribution in [0.5, 0.6) is 0 Å². The van der Waals surface area contributed by atoms with E-state index in [4.69, 9.17) is 10.9 Å². The zero-order valence-electron chi connectivity index (χ0n) is 7.10. The van der Waals surface area contributed by atoms with Crippen LogP contribution in [0.1, 0.15) is 25.7 Å². The second-order valence-electron chi connectivity index (χ2n) is 2.74. The number of rotatable bonds is 2. The van der Waals surface area contributed by atoms with Crippen LogP contribution in [0.25, 0.3) is 0 Å². The van der Waals surface area contributed by atoms with Crippen LogP contribution in [0, 0.1) is 4.91 Å². The average Bonchev–Trinajstić information content (AvgIpc) is 2.51. The summed E-state index contributed by atoms with van der Waals surface area (Å²) in [7, 11) is 0. The Morgan fingerprint density at radius 2 is 2.15 bits per heavy atom. The molecule has 1 aliphatic carbocycles. The quantitative estimate of drug-likeness (QED) is 0.318. The van der Waals surface area contributed by atoms with Crippen molar-refractivity contribution in [2.75, 3.05) is 0 Å². The molecular formula is C6H12N5O2+. The Hall–Kier alpha value is -1.66. The highest BCUT2D eigenvalue weighted by molar-refractivity contribution is 5.87. The van der Waals surface area contributed by atoms with E-state index in [9.17, 15) is 4.91 Å². The molecule has 0 aliphatic heterocycles. The number of hydrazine groups is 1. The molecule has 1 aliphatic rings. The lowest BCUT2D eigenvalue weighted by atomic mass is 10.3. The lowest BCUT2D eigenvalue weighted by Gasteiger charge is -1.90. The van der Waals surface area contributed by atoms with Crippen molar-refractivity contribution >= 4 is 11.7 Å². The SMILES string of the molecule is N/C(=N\N=C1CCCC1)N[N+](=O)O. The van der Waals surface area contributed by atoms with Crippen molar-refractivity contribution in [3.05, 3.63) is 4.91 Å². The van der Waals surface area contributed by atoms with Crippen molar-refractivity contribution < 1.29 is 10.2 Å². The minimum atomic E-state index is -0.520. The van der Waals surface area contributed by atoms with Crippen molar-refractivity contribution in [3.63, 3.8) is 0 Å². The lowest BCUT2D eigenvalue weighted by Crippen LogP contribution is -2.36. The Labute approximate surface area is 74.8 Å². The number of hydrogen-bond acceptors (Lipinski definition) is 3. The number of nitrogens with one attached hydrogen (secondary N) is 1. The van der Waals surface area contributed by atoms with Crippen molar-refractivity contribution in [1.29, 1.82) is 0 Å². The first-order valence-corrected chi connectivity index (χ1v) is 4.00. The lowest BCUT2D eigenvalue weighted by molar-refractivity contribution is -0.822. The van der Waals surface area contributed by atoms with Crippen LogP contribution in [0.2, 0.25) is 0 Å². The van der Waals surface area contributed by atoms with Crippen molar-refractivity contribution in [2.24, 2.45) is 15.9 Å². The third-order valence-corrected chi connectivity index (χ3v) is 1.69. The molecule has 1 saturated carbocycles. The molecule has 0 radical (unpaired) electrons. The van der Waals surface area contributed by atoms with Crippen LogP contribution in [0.3, 0.4) is 0 Å². The van der Waals surface area contributed by atoms with Gasteiger partial charge >= 0.3 is 5.03 Å². The van der Waals surface area contributed by atoms with E-state index in [1.54, 1.807) is 0 Å². The maximum absolute atomic E-state index is 10.0. The largest absolute Gasteiger partial charge is 0.364 e. The number of nitrogens with two attached hydrogens (primary N) is 1. The molecular weight excluding hydrogens is 174 g/mol. The standard InChI is InChI=1S/C6H12N5O2/c7-6(10-11(12)13)9-8-5-3-1-2-4-5/h1-4H2,(H,12,13)(H3,7,9,10)/q+1. The highest BCUT2D eigenvalue weighted by Gasteiger charge is 2.08. The summed E-state index contributed by atoms with van der Waals surface area (Å²) in [6, 6.07) is 0. The molecule has 72 valence electrons. The van der Waals surface area contributed by atoms with E-state index >= 15 is 0 Å². The summed E-state index contributed by atoms with van der Waals surface area (Å²) in [4.78, 5) is 10.0. The molecule has 4 N–H and O–H groups in total. The summed E-state index contributed by atoms with van der Waals surface area (Å²) in [6.45, 7) is 0. The van der Waals surface area contributed by atoms with Gasteiger partial charge in [-0.2, -0.15) is 5.10 Å². The molecule has 0 spiro atoms. The molecule has 7 heteroatoms. The fourth-order valence-corrected chi connectivity index (χ4v) is 1.13. The fraction of sp³-hybridized carbons (Fsp3) is 0.667. The third-order valence-electron chi connectivity index (χ3n) is 1.69. The molecule has 7 nitrogen and oxygen atoms in total. The van der Waals surface area contributed by atoms with Gasteiger partial charge in [0.1, 0.15) is 4.91 Å². The number of guanidine groups is 1. The van der Waals surface area contributed by atoms with Gasteiger partial charge in [-0.25, -0.2) is 5.21 Å². The Bertz CT molecular complexity index is 252. The van der Waals surface area contributed by atoms with Crippen molar-refractivity contribution in [1.82, 2.24) is 5.43 Å².